The van der Waals surface area contributed by atoms with Gasteiger partial charge in [-0.05, 0) is 42.8 Å². The lowest BCUT2D eigenvalue weighted by atomic mass is 10.2. The largest absolute Gasteiger partial charge is 0.324 e. The van der Waals surface area contributed by atoms with Crippen LogP contribution in [0.15, 0.2) is 54.9 Å². The van der Waals surface area contributed by atoms with Gasteiger partial charge in [0.2, 0.25) is 5.95 Å². The van der Waals surface area contributed by atoms with Crippen molar-refractivity contribution < 1.29 is 4.79 Å². The highest BCUT2D eigenvalue weighted by Crippen LogP contribution is 2.22. The van der Waals surface area contributed by atoms with Crippen LogP contribution in [-0.4, -0.2) is 15.9 Å². The van der Waals surface area contributed by atoms with Crippen LogP contribution < -0.4 is 10.6 Å². The van der Waals surface area contributed by atoms with Crippen LogP contribution in [0.3, 0.4) is 0 Å². The second kappa shape index (κ2) is 7.64. The lowest BCUT2D eigenvalue weighted by molar-refractivity contribution is 0.102. The van der Waals surface area contributed by atoms with Gasteiger partial charge in [0, 0.05) is 23.1 Å². The van der Waals surface area contributed by atoms with Crippen LogP contribution in [0.5, 0.6) is 0 Å². The third-order valence-electron chi connectivity index (χ3n) is 3.64. The minimum Gasteiger partial charge on any atom is -0.324 e. The molecule has 6 nitrogen and oxygen atoms in total. The molecule has 26 heavy (non-hydrogen) atoms. The van der Waals surface area contributed by atoms with Crippen molar-refractivity contribution in [2.45, 2.75) is 6.92 Å². The Balaban J connectivity index is 1.73. The number of benzene rings is 2. The van der Waals surface area contributed by atoms with Gasteiger partial charge in [-0.15, -0.1) is 0 Å². The molecule has 0 unspecified atom stereocenters. The number of aryl methyl sites for hydroxylation is 1. The maximum Gasteiger partial charge on any atom is 0.258 e. The van der Waals surface area contributed by atoms with Crippen LogP contribution in [0.25, 0.3) is 0 Å². The molecular weight excluding hydrogens is 350 g/mol. The summed E-state index contributed by atoms with van der Waals surface area (Å²) in [5.41, 5.74) is 2.90. The molecule has 0 bridgehead atoms. The van der Waals surface area contributed by atoms with Gasteiger partial charge >= 0.3 is 0 Å². The van der Waals surface area contributed by atoms with Crippen molar-refractivity contribution in [1.29, 1.82) is 5.26 Å². The minimum absolute atomic E-state index is 0.288. The molecule has 1 amide bonds. The number of hydrogen-bond acceptors (Lipinski definition) is 5. The Hall–Kier alpha value is -3.43. The summed E-state index contributed by atoms with van der Waals surface area (Å²) in [6.07, 6.45) is 2.84. The maximum atomic E-state index is 12.3. The number of carbonyl (C=O) groups excluding carboxylic acids is 1. The molecule has 0 fully saturated rings. The molecule has 0 spiro atoms. The average Bonchev–Trinajstić information content (AvgIpc) is 2.65. The van der Waals surface area contributed by atoms with Gasteiger partial charge in [0.15, 0.2) is 0 Å². The first-order valence-corrected chi connectivity index (χ1v) is 8.10. The Morgan fingerprint density at radius 1 is 1.12 bits per heavy atom. The summed E-state index contributed by atoms with van der Waals surface area (Å²) in [6, 6.07) is 14.2. The van der Waals surface area contributed by atoms with Crippen LogP contribution in [0, 0.1) is 18.3 Å². The van der Waals surface area contributed by atoms with E-state index in [0.717, 1.165) is 11.3 Å². The van der Waals surface area contributed by atoms with Crippen LogP contribution in [-0.2, 0) is 0 Å². The number of nitriles is 1. The topological polar surface area (TPSA) is 90.7 Å². The molecule has 0 aliphatic heterocycles. The van der Waals surface area contributed by atoms with Gasteiger partial charge in [0.25, 0.3) is 5.91 Å². The highest BCUT2D eigenvalue weighted by Gasteiger charge is 2.10. The second-order valence-electron chi connectivity index (χ2n) is 5.49. The highest BCUT2D eigenvalue weighted by atomic mass is 35.5. The van der Waals surface area contributed by atoms with E-state index < -0.39 is 0 Å². The number of amides is 1. The number of hydrogen-bond donors (Lipinski definition) is 2. The number of carbonyl (C=O) groups is 1. The molecular formula is C19H14ClN5O. The SMILES string of the molecule is Cc1cc(Cl)ccc1Nc1ncc(C(=O)Nc2ccccc2C#N)cn1. The van der Waals surface area contributed by atoms with E-state index in [-0.39, 0.29) is 11.5 Å². The Morgan fingerprint density at radius 2 is 1.85 bits per heavy atom. The zero-order valence-corrected chi connectivity index (χ0v) is 14.6. The molecule has 0 saturated carbocycles. The summed E-state index contributed by atoms with van der Waals surface area (Å²) in [5.74, 6) is -0.0219. The zero-order chi connectivity index (χ0) is 18.5. The molecule has 0 atom stereocenters. The smallest absolute Gasteiger partial charge is 0.258 e. The van der Waals surface area contributed by atoms with Gasteiger partial charge in [0.1, 0.15) is 6.07 Å². The highest BCUT2D eigenvalue weighted by molar-refractivity contribution is 6.30. The number of halogens is 1. The lowest BCUT2D eigenvalue weighted by Crippen LogP contribution is -2.14. The Morgan fingerprint density at radius 3 is 2.54 bits per heavy atom. The number of rotatable bonds is 4. The van der Waals surface area contributed by atoms with Crippen molar-refractivity contribution in [1.82, 2.24) is 9.97 Å². The Labute approximate surface area is 155 Å². The van der Waals surface area contributed by atoms with E-state index in [0.29, 0.717) is 22.2 Å². The molecule has 1 heterocycles. The van der Waals surface area contributed by atoms with E-state index in [1.165, 1.54) is 12.4 Å². The molecule has 0 aliphatic carbocycles. The van der Waals surface area contributed by atoms with E-state index in [4.69, 9.17) is 16.9 Å². The first kappa shape index (κ1) is 17.4. The standard InChI is InChI=1S/C19H14ClN5O/c1-12-8-15(20)6-7-16(12)25-19-22-10-14(11-23-19)18(26)24-17-5-3-2-4-13(17)9-21/h2-8,10-11H,1H3,(H,24,26)(H,22,23,25). The summed E-state index contributed by atoms with van der Waals surface area (Å²) in [7, 11) is 0. The van der Waals surface area contributed by atoms with Gasteiger partial charge < -0.3 is 10.6 Å². The maximum absolute atomic E-state index is 12.3. The van der Waals surface area contributed by atoms with Gasteiger partial charge in [0.05, 0.1) is 16.8 Å². The Bertz CT molecular complexity index is 996. The molecule has 2 N–H and O–H groups in total. The van der Waals surface area contributed by atoms with Gasteiger partial charge in [-0.1, -0.05) is 23.7 Å². The molecule has 0 aliphatic rings. The van der Waals surface area contributed by atoms with Crippen molar-refractivity contribution in [3.05, 3.63) is 76.6 Å². The minimum atomic E-state index is -0.387. The summed E-state index contributed by atoms with van der Waals surface area (Å²) in [4.78, 5) is 20.6. The molecule has 0 saturated heterocycles. The van der Waals surface area contributed by atoms with Gasteiger partial charge in [-0.2, -0.15) is 5.26 Å². The monoisotopic (exact) mass is 363 g/mol. The molecule has 3 rings (SSSR count). The first-order valence-electron chi connectivity index (χ1n) is 7.72. The van der Waals surface area contributed by atoms with Gasteiger partial charge in [-0.3, -0.25) is 4.79 Å². The third kappa shape index (κ3) is 3.97. The number of nitrogens with zero attached hydrogens (tertiary/aromatic N) is 3. The van der Waals surface area contributed by atoms with Crippen LogP contribution in [0.1, 0.15) is 21.5 Å². The van der Waals surface area contributed by atoms with Gasteiger partial charge in [-0.25, -0.2) is 9.97 Å². The van der Waals surface area contributed by atoms with E-state index >= 15 is 0 Å². The van der Waals surface area contributed by atoms with E-state index in [1.807, 2.05) is 25.1 Å². The third-order valence-corrected chi connectivity index (χ3v) is 3.88. The van der Waals surface area contributed by atoms with Crippen molar-refractivity contribution >= 4 is 34.8 Å². The Kier molecular flexibility index (Phi) is 5.11. The zero-order valence-electron chi connectivity index (χ0n) is 13.8. The fourth-order valence-electron chi connectivity index (χ4n) is 2.28. The summed E-state index contributed by atoms with van der Waals surface area (Å²) >= 11 is 5.94. The number of aromatic nitrogens is 2. The van der Waals surface area contributed by atoms with E-state index in [1.54, 1.807) is 30.3 Å². The fraction of sp³-hybridized carbons (Fsp3) is 0.0526. The lowest BCUT2D eigenvalue weighted by Gasteiger charge is -2.09. The molecule has 128 valence electrons. The van der Waals surface area contributed by atoms with Crippen LogP contribution >= 0.6 is 11.6 Å². The summed E-state index contributed by atoms with van der Waals surface area (Å²) in [5, 5.41) is 15.5. The predicted octanol–water partition coefficient (Wildman–Crippen LogP) is 4.31. The first-order chi connectivity index (χ1) is 12.6. The van der Waals surface area contributed by atoms with E-state index in [2.05, 4.69) is 20.6 Å². The number of anilines is 3. The number of nitrogens with one attached hydrogen (secondary N) is 2. The van der Waals surface area contributed by atoms with Crippen molar-refractivity contribution in [2.24, 2.45) is 0 Å². The van der Waals surface area contributed by atoms with Crippen molar-refractivity contribution in [2.75, 3.05) is 10.6 Å². The van der Waals surface area contributed by atoms with Crippen LogP contribution in [0.2, 0.25) is 5.02 Å². The average molecular weight is 364 g/mol. The van der Waals surface area contributed by atoms with Crippen LogP contribution in [0.4, 0.5) is 17.3 Å². The molecule has 2 aromatic carbocycles. The summed E-state index contributed by atoms with van der Waals surface area (Å²) < 4.78 is 0. The fourth-order valence-corrected chi connectivity index (χ4v) is 2.51. The van der Waals surface area contributed by atoms with Crippen molar-refractivity contribution in [3.8, 4) is 6.07 Å². The molecule has 0 radical (unpaired) electrons. The quantitative estimate of drug-likeness (QED) is 0.720. The normalized spacial score (nSPS) is 10.0. The van der Waals surface area contributed by atoms with E-state index in [9.17, 15) is 4.79 Å². The molecule has 1 aromatic heterocycles. The number of para-hydroxylation sites is 1. The van der Waals surface area contributed by atoms with Crippen molar-refractivity contribution in [3.63, 3.8) is 0 Å². The predicted molar refractivity (Wildman–Crippen MR) is 101 cm³/mol. The second-order valence-corrected chi connectivity index (χ2v) is 5.93. The summed E-state index contributed by atoms with van der Waals surface area (Å²) in [6.45, 7) is 1.92. The molecule has 7 heteroatoms. The molecule has 3 aromatic rings.